The van der Waals surface area contributed by atoms with Gasteiger partial charge in [0, 0.05) is 36.9 Å². The van der Waals surface area contributed by atoms with Crippen LogP contribution in [0.4, 0.5) is 10.5 Å². The molecule has 0 saturated carbocycles. The number of hydrogen-bond acceptors (Lipinski definition) is 4. The highest BCUT2D eigenvalue weighted by Crippen LogP contribution is 2.22. The summed E-state index contributed by atoms with van der Waals surface area (Å²) in [7, 11) is 1.36. The number of urea groups is 1. The number of carbonyl (C=O) groups excluding carboxylic acids is 2. The molecule has 7 heteroatoms. The molecule has 0 radical (unpaired) electrons. The Morgan fingerprint density at radius 3 is 2.17 bits per heavy atom. The molecule has 0 bridgehead atoms. The smallest absolute Gasteiger partial charge is 0.337 e. The van der Waals surface area contributed by atoms with Gasteiger partial charge in [-0.25, -0.2) is 9.59 Å². The van der Waals surface area contributed by atoms with Crippen LogP contribution in [0.25, 0.3) is 0 Å². The van der Waals surface area contributed by atoms with E-state index in [1.54, 1.807) is 29.2 Å². The molecule has 0 aromatic heterocycles. The van der Waals surface area contributed by atoms with Gasteiger partial charge in [0.25, 0.3) is 0 Å². The number of hydrogen-bond donors (Lipinski definition) is 0. The fourth-order valence-electron chi connectivity index (χ4n) is 3.36. The number of halogens is 1. The molecule has 0 unspecified atom stereocenters. The molecule has 3 rings (SSSR count). The molecule has 29 heavy (non-hydrogen) atoms. The number of carbonyl (C=O) groups is 2. The zero-order chi connectivity index (χ0) is 20.8. The zero-order valence-electron chi connectivity index (χ0n) is 16.8. The zero-order valence-corrected chi connectivity index (χ0v) is 17.6. The summed E-state index contributed by atoms with van der Waals surface area (Å²) < 4.78 is 4.75. The van der Waals surface area contributed by atoms with E-state index in [0.29, 0.717) is 30.2 Å². The van der Waals surface area contributed by atoms with Crippen molar-refractivity contribution in [3.05, 3.63) is 64.7 Å². The third-order valence-corrected chi connectivity index (χ3v) is 5.43. The summed E-state index contributed by atoms with van der Waals surface area (Å²) in [6.45, 7) is 6.70. The summed E-state index contributed by atoms with van der Waals surface area (Å²) in [4.78, 5) is 31.0. The first-order chi connectivity index (χ1) is 14.0. The lowest BCUT2D eigenvalue weighted by atomic mass is 10.1. The Morgan fingerprint density at radius 1 is 1.00 bits per heavy atom. The van der Waals surface area contributed by atoms with Crippen molar-refractivity contribution in [2.45, 2.75) is 13.5 Å². The number of amides is 2. The highest BCUT2D eigenvalue weighted by Gasteiger charge is 2.26. The molecular formula is C22H26ClN3O3. The van der Waals surface area contributed by atoms with Gasteiger partial charge in [0.05, 0.1) is 19.2 Å². The van der Waals surface area contributed by atoms with E-state index in [-0.39, 0.29) is 12.0 Å². The van der Waals surface area contributed by atoms with E-state index in [9.17, 15) is 9.59 Å². The average molecular weight is 416 g/mol. The van der Waals surface area contributed by atoms with Gasteiger partial charge in [0.2, 0.25) is 0 Å². The van der Waals surface area contributed by atoms with E-state index in [2.05, 4.69) is 11.8 Å². The van der Waals surface area contributed by atoms with Crippen molar-refractivity contribution >= 4 is 29.3 Å². The van der Waals surface area contributed by atoms with Crippen LogP contribution in [0.3, 0.4) is 0 Å². The second kappa shape index (κ2) is 9.76. The van der Waals surface area contributed by atoms with E-state index in [4.69, 9.17) is 16.3 Å². The minimum atomic E-state index is -0.379. The van der Waals surface area contributed by atoms with Gasteiger partial charge in [-0.15, -0.1) is 0 Å². The lowest BCUT2D eigenvalue weighted by Crippen LogP contribution is -2.52. The van der Waals surface area contributed by atoms with Crippen molar-refractivity contribution in [1.82, 2.24) is 9.80 Å². The van der Waals surface area contributed by atoms with Crippen LogP contribution in [0.5, 0.6) is 0 Å². The summed E-state index contributed by atoms with van der Waals surface area (Å²) in [5, 5.41) is 0.625. The van der Waals surface area contributed by atoms with Crippen molar-refractivity contribution in [2.24, 2.45) is 0 Å². The van der Waals surface area contributed by atoms with Crippen LogP contribution in [0.2, 0.25) is 5.02 Å². The lowest BCUT2D eigenvalue weighted by Gasteiger charge is -2.37. The minimum Gasteiger partial charge on any atom is -0.465 e. The number of methoxy groups -OCH3 is 1. The lowest BCUT2D eigenvalue weighted by molar-refractivity contribution is 0.0600. The number of esters is 1. The number of benzene rings is 2. The first-order valence-corrected chi connectivity index (χ1v) is 10.1. The van der Waals surface area contributed by atoms with Gasteiger partial charge in [-0.2, -0.15) is 0 Å². The minimum absolute atomic E-state index is 0.0277. The third-order valence-electron chi connectivity index (χ3n) is 5.17. The maximum Gasteiger partial charge on any atom is 0.337 e. The Hall–Kier alpha value is -2.57. The van der Waals surface area contributed by atoms with Crippen molar-refractivity contribution in [3.8, 4) is 0 Å². The normalized spacial score (nSPS) is 14.5. The molecule has 0 aliphatic carbocycles. The third kappa shape index (κ3) is 5.28. The van der Waals surface area contributed by atoms with Gasteiger partial charge < -0.3 is 14.5 Å². The van der Waals surface area contributed by atoms with Crippen LogP contribution in [0, 0.1) is 0 Å². The van der Waals surface area contributed by atoms with Crippen LogP contribution < -0.4 is 4.90 Å². The summed E-state index contributed by atoms with van der Waals surface area (Å²) in [6, 6.07) is 14.4. The highest BCUT2D eigenvalue weighted by atomic mass is 35.5. The summed E-state index contributed by atoms with van der Waals surface area (Å²) in [5.41, 5.74) is 2.19. The molecule has 2 aromatic rings. The molecule has 2 aromatic carbocycles. The van der Waals surface area contributed by atoms with Crippen LogP contribution >= 0.6 is 11.6 Å². The topological polar surface area (TPSA) is 53.1 Å². The Kier molecular flexibility index (Phi) is 7.12. The van der Waals surface area contributed by atoms with Gasteiger partial charge in [-0.1, -0.05) is 30.7 Å². The van der Waals surface area contributed by atoms with E-state index in [1.165, 1.54) is 7.11 Å². The summed E-state index contributed by atoms with van der Waals surface area (Å²) >= 11 is 6.03. The van der Waals surface area contributed by atoms with Gasteiger partial charge in [-0.05, 0) is 48.5 Å². The number of ether oxygens (including phenoxy) is 1. The van der Waals surface area contributed by atoms with Crippen molar-refractivity contribution in [2.75, 3.05) is 44.7 Å². The molecule has 0 atom stereocenters. The Balaban J connectivity index is 1.80. The molecular weight excluding hydrogens is 390 g/mol. The number of nitrogens with zero attached hydrogens (tertiary/aromatic N) is 3. The molecule has 1 fully saturated rings. The largest absolute Gasteiger partial charge is 0.465 e. The Labute approximate surface area is 176 Å². The SMILES string of the molecule is CCN1CCN(C(=O)N(Cc2ccc(C(=O)OC)cc2)c2ccc(Cl)cc2)CC1. The average Bonchev–Trinajstić information content (AvgIpc) is 2.77. The number of piperazine rings is 1. The second-order valence-corrected chi connectivity index (χ2v) is 7.39. The van der Waals surface area contributed by atoms with Crippen LogP contribution in [-0.2, 0) is 11.3 Å². The van der Waals surface area contributed by atoms with Gasteiger partial charge in [0.15, 0.2) is 0 Å². The molecule has 1 heterocycles. The van der Waals surface area contributed by atoms with Crippen LogP contribution in [-0.4, -0.2) is 61.6 Å². The second-order valence-electron chi connectivity index (χ2n) is 6.95. The predicted molar refractivity (Wildman–Crippen MR) is 114 cm³/mol. The van der Waals surface area contributed by atoms with E-state index < -0.39 is 0 Å². The summed E-state index contributed by atoms with van der Waals surface area (Å²) in [6.07, 6.45) is 0. The maximum atomic E-state index is 13.3. The monoisotopic (exact) mass is 415 g/mol. The Bertz CT molecular complexity index is 831. The van der Waals surface area contributed by atoms with Crippen LogP contribution in [0.1, 0.15) is 22.8 Å². The fraction of sp³-hybridized carbons (Fsp3) is 0.364. The van der Waals surface area contributed by atoms with E-state index in [1.807, 2.05) is 29.2 Å². The maximum absolute atomic E-state index is 13.3. The van der Waals surface area contributed by atoms with E-state index in [0.717, 1.165) is 30.9 Å². The van der Waals surface area contributed by atoms with E-state index >= 15 is 0 Å². The predicted octanol–water partition coefficient (Wildman–Crippen LogP) is 3.89. The summed E-state index contributed by atoms with van der Waals surface area (Å²) in [5.74, 6) is -0.379. The van der Waals surface area contributed by atoms with Crippen molar-refractivity contribution in [3.63, 3.8) is 0 Å². The number of anilines is 1. The van der Waals surface area contributed by atoms with Crippen molar-refractivity contribution in [1.29, 1.82) is 0 Å². The first-order valence-electron chi connectivity index (χ1n) is 9.73. The molecule has 1 aliphatic heterocycles. The first kappa shape index (κ1) is 21.1. The van der Waals surface area contributed by atoms with Gasteiger partial charge in [0.1, 0.15) is 0 Å². The van der Waals surface area contributed by atoms with Crippen LogP contribution in [0.15, 0.2) is 48.5 Å². The highest BCUT2D eigenvalue weighted by molar-refractivity contribution is 6.30. The standard InChI is InChI=1S/C22H26ClN3O3/c1-3-24-12-14-25(15-13-24)22(28)26(20-10-8-19(23)9-11-20)16-17-4-6-18(7-5-17)21(27)29-2/h4-11H,3,12-16H2,1-2H3. The molecule has 0 spiro atoms. The molecule has 6 nitrogen and oxygen atoms in total. The molecule has 0 N–H and O–H groups in total. The van der Waals surface area contributed by atoms with Gasteiger partial charge >= 0.3 is 12.0 Å². The fourth-order valence-corrected chi connectivity index (χ4v) is 3.49. The quantitative estimate of drug-likeness (QED) is 0.695. The number of likely N-dealkylation sites (N-methyl/N-ethyl adjacent to an activating group) is 1. The molecule has 154 valence electrons. The molecule has 2 amide bonds. The number of rotatable bonds is 5. The van der Waals surface area contributed by atoms with Gasteiger partial charge in [-0.3, -0.25) is 4.90 Å². The van der Waals surface area contributed by atoms with Crippen molar-refractivity contribution < 1.29 is 14.3 Å². The Morgan fingerprint density at radius 2 is 1.62 bits per heavy atom. The molecule has 1 aliphatic rings. The molecule has 1 saturated heterocycles.